The Morgan fingerprint density at radius 3 is 2.82 bits per heavy atom. The van der Waals surface area contributed by atoms with Gasteiger partial charge in [-0.3, -0.25) is 9.89 Å². The number of nitrogens with zero attached hydrogens (tertiary/aromatic N) is 2. The van der Waals surface area contributed by atoms with Gasteiger partial charge < -0.3 is 25.7 Å². The molecule has 0 radical (unpaired) electrons. The highest BCUT2D eigenvalue weighted by Gasteiger charge is 2.16. The number of H-pyrrole nitrogens is 2. The third-order valence-electron chi connectivity index (χ3n) is 5.28. The van der Waals surface area contributed by atoms with Gasteiger partial charge in [0.1, 0.15) is 12.4 Å². The summed E-state index contributed by atoms with van der Waals surface area (Å²) in [5, 5.41) is 11.1. The molecule has 0 bridgehead atoms. The van der Waals surface area contributed by atoms with Crippen LogP contribution in [-0.2, 0) is 11.4 Å². The summed E-state index contributed by atoms with van der Waals surface area (Å²) in [4.78, 5) is 17.6. The van der Waals surface area contributed by atoms with E-state index in [1.807, 2.05) is 62.3 Å². The van der Waals surface area contributed by atoms with E-state index in [4.69, 9.17) is 10.5 Å². The number of nitrogen functional groups attached to an aromatic ring is 1. The number of aromatic amines is 2. The van der Waals surface area contributed by atoms with Gasteiger partial charge in [0.05, 0.1) is 17.1 Å². The van der Waals surface area contributed by atoms with E-state index < -0.39 is 0 Å². The highest BCUT2D eigenvalue weighted by atomic mass is 16.5. The molecular weight excluding hydrogens is 416 g/mol. The molecule has 0 atom stereocenters. The molecule has 0 saturated heterocycles. The lowest BCUT2D eigenvalue weighted by molar-refractivity contribution is -0.111. The van der Waals surface area contributed by atoms with Gasteiger partial charge in [-0.2, -0.15) is 5.10 Å². The number of ether oxygens (including phenoxy) is 1. The number of benzene rings is 2. The third kappa shape index (κ3) is 5.07. The number of carbonyl (C=O) groups is 1. The summed E-state index contributed by atoms with van der Waals surface area (Å²) in [6, 6.07) is 13.6. The molecule has 2 aromatic heterocycles. The van der Waals surface area contributed by atoms with Gasteiger partial charge in [0.15, 0.2) is 0 Å². The molecule has 170 valence electrons. The number of aryl methyl sites for hydroxylation is 1. The van der Waals surface area contributed by atoms with Gasteiger partial charge in [0.2, 0.25) is 5.91 Å². The Hall–Kier alpha value is -4.04. The van der Waals surface area contributed by atoms with Gasteiger partial charge in [-0.15, -0.1) is 0 Å². The zero-order chi connectivity index (χ0) is 23.4. The van der Waals surface area contributed by atoms with Crippen LogP contribution in [0.2, 0.25) is 0 Å². The predicted molar refractivity (Wildman–Crippen MR) is 132 cm³/mol. The Morgan fingerprint density at radius 1 is 1.24 bits per heavy atom. The summed E-state index contributed by atoms with van der Waals surface area (Å²) >= 11 is 0. The smallest absolute Gasteiger partial charge is 0.248 e. The van der Waals surface area contributed by atoms with E-state index in [0.29, 0.717) is 30.3 Å². The number of para-hydroxylation sites is 1. The fourth-order valence-corrected chi connectivity index (χ4v) is 3.66. The minimum Gasteiger partial charge on any atom is -0.485 e. The van der Waals surface area contributed by atoms with Gasteiger partial charge in [0.25, 0.3) is 0 Å². The number of amides is 1. The molecule has 33 heavy (non-hydrogen) atoms. The van der Waals surface area contributed by atoms with Gasteiger partial charge in [0, 0.05) is 41.0 Å². The van der Waals surface area contributed by atoms with E-state index in [9.17, 15) is 4.79 Å². The van der Waals surface area contributed by atoms with Crippen molar-refractivity contribution in [3.05, 3.63) is 72.1 Å². The predicted octanol–water partition coefficient (Wildman–Crippen LogP) is 4.08. The summed E-state index contributed by atoms with van der Waals surface area (Å²) in [5.74, 6) is 0.359. The first kappa shape index (κ1) is 22.2. The molecule has 1 amide bonds. The number of hydrogen-bond donors (Lipinski definition) is 4. The summed E-state index contributed by atoms with van der Waals surface area (Å²) in [5.41, 5.74) is 12.1. The van der Waals surface area contributed by atoms with Gasteiger partial charge in [-0.1, -0.05) is 24.3 Å². The number of carbonyl (C=O) groups excluding carboxylic acids is 1. The highest BCUT2D eigenvalue weighted by molar-refractivity contribution is 6.00. The lowest BCUT2D eigenvalue weighted by atomic mass is 10.1. The Morgan fingerprint density at radius 2 is 2.06 bits per heavy atom. The summed E-state index contributed by atoms with van der Waals surface area (Å²) in [6.07, 6.45) is 5.06. The normalized spacial score (nSPS) is 11.5. The van der Waals surface area contributed by atoms with Crippen LogP contribution in [0.15, 0.2) is 60.8 Å². The molecule has 0 spiro atoms. The molecule has 2 heterocycles. The van der Waals surface area contributed by atoms with Crippen molar-refractivity contribution in [3.63, 3.8) is 0 Å². The molecule has 0 fully saturated rings. The van der Waals surface area contributed by atoms with Gasteiger partial charge >= 0.3 is 0 Å². The minimum atomic E-state index is -0.199. The van der Waals surface area contributed by atoms with Gasteiger partial charge in [-0.05, 0) is 50.8 Å². The van der Waals surface area contributed by atoms with E-state index >= 15 is 0 Å². The van der Waals surface area contributed by atoms with Crippen LogP contribution in [0, 0.1) is 6.92 Å². The molecule has 2 aromatic carbocycles. The molecule has 0 saturated carbocycles. The van der Waals surface area contributed by atoms with Crippen molar-refractivity contribution in [1.29, 1.82) is 0 Å². The number of fused-ring (bicyclic) bond motifs is 1. The Labute approximate surface area is 192 Å². The number of rotatable bonds is 8. The van der Waals surface area contributed by atoms with Crippen LogP contribution in [0.5, 0.6) is 5.75 Å². The Bertz CT molecular complexity index is 1290. The Balaban J connectivity index is 1.52. The largest absolute Gasteiger partial charge is 0.485 e. The molecular formula is C25H28N6O2. The van der Waals surface area contributed by atoms with Crippen molar-refractivity contribution in [2.24, 2.45) is 0 Å². The maximum absolute atomic E-state index is 12.2. The van der Waals surface area contributed by atoms with Crippen molar-refractivity contribution in [1.82, 2.24) is 20.1 Å². The fraction of sp³-hybridized carbons (Fsp3) is 0.200. The highest BCUT2D eigenvalue weighted by Crippen LogP contribution is 2.34. The standard InChI is InChI=1S/C25H28N6O2/c1-16-13-23(18(26)14-21(16)29-24(32)9-6-12-31(2)3)33-15-22-25(20-10-11-27-30-20)17-7-4-5-8-19(17)28-22/h4-11,13-14,28H,12,15,26H2,1-3H3,(H,27,30)(H,29,32)/b9-6+. The topological polar surface area (TPSA) is 112 Å². The second-order valence-corrected chi connectivity index (χ2v) is 8.14. The fourth-order valence-electron chi connectivity index (χ4n) is 3.66. The van der Waals surface area contributed by atoms with Crippen molar-refractivity contribution < 1.29 is 9.53 Å². The number of nitrogens with one attached hydrogen (secondary N) is 3. The molecule has 8 heteroatoms. The van der Waals surface area contributed by atoms with Crippen LogP contribution in [0.1, 0.15) is 11.3 Å². The lowest BCUT2D eigenvalue weighted by Crippen LogP contribution is -2.13. The first-order valence-electron chi connectivity index (χ1n) is 10.7. The molecule has 4 rings (SSSR count). The number of aromatic nitrogens is 3. The zero-order valence-electron chi connectivity index (χ0n) is 19.0. The maximum atomic E-state index is 12.2. The minimum absolute atomic E-state index is 0.199. The second kappa shape index (κ2) is 9.62. The molecule has 0 aliphatic heterocycles. The molecule has 0 aliphatic rings. The van der Waals surface area contributed by atoms with E-state index in [2.05, 4.69) is 26.6 Å². The average molecular weight is 445 g/mol. The van der Waals surface area contributed by atoms with Crippen LogP contribution in [0.3, 0.4) is 0 Å². The summed E-state index contributed by atoms with van der Waals surface area (Å²) in [6.45, 7) is 2.89. The Kier molecular flexibility index (Phi) is 6.46. The van der Waals surface area contributed by atoms with E-state index in [-0.39, 0.29) is 5.91 Å². The number of likely N-dealkylation sites (N-methyl/N-ethyl adjacent to an activating group) is 1. The maximum Gasteiger partial charge on any atom is 0.248 e. The monoisotopic (exact) mass is 444 g/mol. The SMILES string of the molecule is Cc1cc(OCc2[nH]c3ccccc3c2-c2ccn[nH]2)c(N)cc1NC(=O)/C=C/CN(C)C. The molecule has 4 aromatic rings. The van der Waals surface area contributed by atoms with E-state index in [0.717, 1.165) is 33.4 Å². The first-order chi connectivity index (χ1) is 15.9. The molecule has 8 nitrogen and oxygen atoms in total. The summed E-state index contributed by atoms with van der Waals surface area (Å²) < 4.78 is 6.10. The van der Waals surface area contributed by atoms with Crippen LogP contribution in [-0.4, -0.2) is 46.6 Å². The van der Waals surface area contributed by atoms with Crippen molar-refractivity contribution in [2.75, 3.05) is 31.7 Å². The van der Waals surface area contributed by atoms with E-state index in [1.54, 1.807) is 12.3 Å². The van der Waals surface area contributed by atoms with Crippen molar-refractivity contribution in [2.45, 2.75) is 13.5 Å². The van der Waals surface area contributed by atoms with Crippen LogP contribution >= 0.6 is 0 Å². The van der Waals surface area contributed by atoms with E-state index in [1.165, 1.54) is 6.08 Å². The van der Waals surface area contributed by atoms with Gasteiger partial charge in [-0.25, -0.2) is 0 Å². The van der Waals surface area contributed by atoms with Crippen LogP contribution < -0.4 is 15.8 Å². The molecule has 5 N–H and O–H groups in total. The average Bonchev–Trinajstić information content (AvgIpc) is 3.42. The zero-order valence-corrected chi connectivity index (χ0v) is 19.0. The van der Waals surface area contributed by atoms with Crippen LogP contribution in [0.4, 0.5) is 11.4 Å². The second-order valence-electron chi connectivity index (χ2n) is 8.14. The molecule has 0 aliphatic carbocycles. The van der Waals surface area contributed by atoms with Crippen molar-refractivity contribution >= 4 is 28.2 Å². The number of hydrogen-bond acceptors (Lipinski definition) is 5. The molecule has 0 unspecified atom stereocenters. The third-order valence-corrected chi connectivity index (χ3v) is 5.28. The van der Waals surface area contributed by atoms with Crippen LogP contribution in [0.25, 0.3) is 22.2 Å². The lowest BCUT2D eigenvalue weighted by Gasteiger charge is -2.14. The quantitative estimate of drug-likeness (QED) is 0.242. The number of nitrogens with two attached hydrogens (primary N) is 1. The first-order valence-corrected chi connectivity index (χ1v) is 10.7. The number of anilines is 2. The summed E-state index contributed by atoms with van der Waals surface area (Å²) in [7, 11) is 3.89. The van der Waals surface area contributed by atoms with Crippen molar-refractivity contribution in [3.8, 4) is 17.0 Å².